The summed E-state index contributed by atoms with van der Waals surface area (Å²) in [6, 6.07) is 3.92. The molecule has 1 aromatic heterocycles. The Hall–Kier alpha value is -3.96. The van der Waals surface area contributed by atoms with E-state index in [1.165, 1.54) is 14.0 Å². The summed E-state index contributed by atoms with van der Waals surface area (Å²) in [5.74, 6) is -2.36. The lowest BCUT2D eigenvalue weighted by Crippen LogP contribution is -2.64. The van der Waals surface area contributed by atoms with Gasteiger partial charge in [-0.25, -0.2) is 4.39 Å². The molecule has 46 heavy (non-hydrogen) atoms. The molecular weight excluding hydrogens is 593 g/mol. The van der Waals surface area contributed by atoms with E-state index in [0.29, 0.717) is 38.6 Å². The van der Waals surface area contributed by atoms with E-state index in [1.807, 2.05) is 38.1 Å². The zero-order valence-corrected chi connectivity index (χ0v) is 27.4. The van der Waals surface area contributed by atoms with Crippen molar-refractivity contribution in [2.75, 3.05) is 13.7 Å². The molecule has 252 valence electrons. The van der Waals surface area contributed by atoms with Gasteiger partial charge in [-0.15, -0.1) is 0 Å². The van der Waals surface area contributed by atoms with Crippen LogP contribution < -0.4 is 20.8 Å². The van der Waals surface area contributed by atoms with Crippen molar-refractivity contribution in [1.82, 2.24) is 25.6 Å². The number of piperidine rings is 1. The Bertz CT molecular complexity index is 1410. The number of hydrogen-bond acceptors (Lipinski definition) is 6. The topological polar surface area (TPSA) is 139 Å². The fraction of sp³-hybridized carbons (Fsp3) is 0.618. The van der Waals surface area contributed by atoms with E-state index >= 15 is 0 Å². The van der Waals surface area contributed by atoms with Crippen LogP contribution in [0.2, 0.25) is 0 Å². The molecule has 0 saturated carbocycles. The first-order valence-electron chi connectivity index (χ1n) is 16.6. The number of aromatic nitrogens is 1. The number of halogens is 1. The third-order valence-corrected chi connectivity index (χ3v) is 9.37. The average molecular weight is 642 g/mol. The van der Waals surface area contributed by atoms with E-state index < -0.39 is 53.8 Å². The van der Waals surface area contributed by atoms with E-state index in [9.17, 15) is 28.4 Å². The summed E-state index contributed by atoms with van der Waals surface area (Å²) < 4.78 is 14.9. The SMILES string of the molecule is CC[C@H](C)C1NC(=O)[C@H](Cc2cn(OC)c3ccccc23)NC(=O)C(CCCCCC(=O)C(C)F)NC(=O)[C@H]2CCCCN2C1=O. The summed E-state index contributed by atoms with van der Waals surface area (Å²) >= 11 is 0. The van der Waals surface area contributed by atoms with Crippen molar-refractivity contribution >= 4 is 40.3 Å². The Labute approximate surface area is 269 Å². The number of ketones is 1. The largest absolute Gasteiger partial charge is 0.417 e. The Balaban J connectivity index is 1.65. The molecule has 12 heteroatoms. The Morgan fingerprint density at radius 2 is 1.70 bits per heavy atom. The Morgan fingerprint density at radius 1 is 0.978 bits per heavy atom. The number of carbonyl (C=O) groups excluding carboxylic acids is 5. The number of rotatable bonds is 12. The predicted octanol–water partition coefficient (Wildman–Crippen LogP) is 3.02. The number of amides is 4. The number of carbonyl (C=O) groups is 5. The lowest BCUT2D eigenvalue weighted by Gasteiger charge is -2.39. The van der Waals surface area contributed by atoms with Gasteiger partial charge in [-0.3, -0.25) is 24.0 Å². The van der Waals surface area contributed by atoms with Crippen molar-refractivity contribution < 1.29 is 33.2 Å². The molecule has 2 saturated heterocycles. The van der Waals surface area contributed by atoms with Gasteiger partial charge in [0.2, 0.25) is 23.6 Å². The van der Waals surface area contributed by atoms with Crippen molar-refractivity contribution in [2.24, 2.45) is 5.92 Å². The number of nitrogens with one attached hydrogen (secondary N) is 3. The summed E-state index contributed by atoms with van der Waals surface area (Å²) in [7, 11) is 1.54. The minimum absolute atomic E-state index is 0.106. The zero-order valence-electron chi connectivity index (χ0n) is 27.4. The normalized spacial score (nSPS) is 24.2. The number of fused-ring (bicyclic) bond motifs is 2. The molecule has 0 radical (unpaired) electrons. The van der Waals surface area contributed by atoms with Gasteiger partial charge in [-0.1, -0.05) is 51.3 Å². The maximum atomic E-state index is 14.0. The van der Waals surface area contributed by atoms with E-state index in [1.54, 1.807) is 15.8 Å². The fourth-order valence-corrected chi connectivity index (χ4v) is 6.38. The lowest BCUT2D eigenvalue weighted by atomic mass is 9.93. The van der Waals surface area contributed by atoms with Gasteiger partial charge in [0.05, 0.1) is 5.52 Å². The van der Waals surface area contributed by atoms with Crippen LogP contribution >= 0.6 is 0 Å². The summed E-state index contributed by atoms with van der Waals surface area (Å²) in [5.41, 5.74) is 1.56. The molecule has 4 rings (SSSR count). The molecule has 3 unspecified atom stereocenters. The summed E-state index contributed by atoms with van der Waals surface area (Å²) in [5, 5.41) is 9.60. The summed E-state index contributed by atoms with van der Waals surface area (Å²) in [4.78, 5) is 74.4. The van der Waals surface area contributed by atoms with Gasteiger partial charge < -0.3 is 25.7 Å². The molecule has 2 aromatic rings. The molecule has 0 aliphatic carbocycles. The van der Waals surface area contributed by atoms with Crippen LogP contribution in [0, 0.1) is 5.92 Å². The Morgan fingerprint density at radius 3 is 2.41 bits per heavy atom. The molecule has 1 aromatic carbocycles. The molecule has 2 aliphatic heterocycles. The highest BCUT2D eigenvalue weighted by Gasteiger charge is 2.41. The van der Waals surface area contributed by atoms with Gasteiger partial charge in [0.25, 0.3) is 0 Å². The maximum Gasteiger partial charge on any atom is 0.246 e. The van der Waals surface area contributed by atoms with Crippen LogP contribution in [0.1, 0.15) is 84.1 Å². The van der Waals surface area contributed by atoms with Gasteiger partial charge >= 0.3 is 0 Å². The number of nitrogens with zero attached hydrogens (tertiary/aromatic N) is 2. The molecule has 6 atom stereocenters. The van der Waals surface area contributed by atoms with Crippen LogP contribution in [0.25, 0.3) is 10.9 Å². The van der Waals surface area contributed by atoms with Gasteiger partial charge in [-0.2, -0.15) is 4.73 Å². The fourth-order valence-electron chi connectivity index (χ4n) is 6.38. The Kier molecular flexibility index (Phi) is 12.2. The summed E-state index contributed by atoms with van der Waals surface area (Å²) in [6.45, 7) is 5.44. The average Bonchev–Trinajstić information content (AvgIpc) is 3.41. The monoisotopic (exact) mass is 641 g/mol. The van der Waals surface area contributed by atoms with Crippen molar-refractivity contribution in [3.05, 3.63) is 36.0 Å². The molecule has 0 spiro atoms. The van der Waals surface area contributed by atoms with Crippen LogP contribution in [0.15, 0.2) is 30.5 Å². The number of alkyl halides is 1. The number of benzene rings is 1. The van der Waals surface area contributed by atoms with Crippen LogP contribution in [0.3, 0.4) is 0 Å². The van der Waals surface area contributed by atoms with Crippen molar-refractivity contribution in [2.45, 2.75) is 115 Å². The molecule has 4 amide bonds. The summed E-state index contributed by atoms with van der Waals surface area (Å²) in [6.07, 6.45) is 4.84. The maximum absolute atomic E-state index is 14.0. The van der Waals surface area contributed by atoms with Crippen LogP contribution in [-0.2, 0) is 30.4 Å². The van der Waals surface area contributed by atoms with Crippen molar-refractivity contribution in [3.63, 3.8) is 0 Å². The minimum atomic E-state index is -1.52. The molecular formula is C34H48FN5O6. The molecule has 2 fully saturated rings. The molecule has 2 aliphatic rings. The van der Waals surface area contributed by atoms with Gasteiger partial charge in [0.1, 0.15) is 31.3 Å². The number of para-hydroxylation sites is 1. The van der Waals surface area contributed by atoms with E-state index in [0.717, 1.165) is 29.3 Å². The number of hydrogen-bond donors (Lipinski definition) is 3. The first-order valence-corrected chi connectivity index (χ1v) is 16.6. The molecule has 3 N–H and O–H groups in total. The second-order valence-electron chi connectivity index (χ2n) is 12.6. The molecule has 0 bridgehead atoms. The second-order valence-corrected chi connectivity index (χ2v) is 12.6. The van der Waals surface area contributed by atoms with Crippen molar-refractivity contribution in [3.8, 4) is 0 Å². The third kappa shape index (κ3) is 8.24. The van der Waals surface area contributed by atoms with E-state index in [-0.39, 0.29) is 31.1 Å². The van der Waals surface area contributed by atoms with Gasteiger partial charge in [0, 0.05) is 31.0 Å². The number of Topliss-reactive ketones (excluding diaryl/α,β-unsaturated/α-hetero) is 1. The highest BCUT2D eigenvalue weighted by Crippen LogP contribution is 2.24. The lowest BCUT2D eigenvalue weighted by molar-refractivity contribution is -0.147. The standard InChI is InChI=1S/C34H48FN5O6/c1-5-21(2)30-34(45)39-18-12-11-16-28(39)33(44)36-25(14-7-6-8-17-29(41)22(3)35)31(42)37-26(32(43)38-30)19-23-20-40(46-4)27-15-10-9-13-24(23)27/h9-10,13,15,20-22,25-26,28,30H,5-8,11-12,14,16-19H2,1-4H3,(H,36,44)(H,37,42)(H,38,43)/t21-,22?,25?,26-,28+,30?/m0/s1. The highest BCUT2D eigenvalue weighted by atomic mass is 19.1. The molecule has 11 nitrogen and oxygen atoms in total. The third-order valence-electron chi connectivity index (χ3n) is 9.37. The second kappa shape index (κ2) is 16.0. The van der Waals surface area contributed by atoms with Crippen LogP contribution in [0.5, 0.6) is 0 Å². The quantitative estimate of drug-likeness (QED) is 0.305. The van der Waals surface area contributed by atoms with Crippen LogP contribution in [0.4, 0.5) is 4.39 Å². The predicted molar refractivity (Wildman–Crippen MR) is 171 cm³/mol. The van der Waals surface area contributed by atoms with E-state index in [2.05, 4.69) is 16.0 Å². The first-order chi connectivity index (χ1) is 22.0. The van der Waals surface area contributed by atoms with Crippen molar-refractivity contribution in [1.29, 1.82) is 0 Å². The number of unbranched alkanes of at least 4 members (excludes halogenated alkanes) is 2. The smallest absolute Gasteiger partial charge is 0.246 e. The zero-order chi connectivity index (χ0) is 33.4. The highest BCUT2D eigenvalue weighted by molar-refractivity contribution is 5.98. The van der Waals surface area contributed by atoms with Gasteiger partial charge in [0.15, 0.2) is 12.0 Å². The molecule has 3 heterocycles. The first kappa shape index (κ1) is 34.9. The minimum Gasteiger partial charge on any atom is -0.417 e. The van der Waals surface area contributed by atoms with E-state index in [4.69, 9.17) is 4.84 Å². The van der Waals surface area contributed by atoms with Gasteiger partial charge in [-0.05, 0) is 56.6 Å². The van der Waals surface area contributed by atoms with Crippen LogP contribution in [-0.4, -0.2) is 83.0 Å².